The summed E-state index contributed by atoms with van der Waals surface area (Å²) in [7, 11) is 1.76. The lowest BCUT2D eigenvalue weighted by Gasteiger charge is -2.38. The van der Waals surface area contributed by atoms with Crippen molar-refractivity contribution in [3.8, 4) is 5.69 Å². The van der Waals surface area contributed by atoms with Crippen LogP contribution in [0.25, 0.3) is 16.6 Å². The van der Waals surface area contributed by atoms with Crippen molar-refractivity contribution < 1.29 is 23.9 Å². The Kier molecular flexibility index (Phi) is 8.82. The first-order chi connectivity index (χ1) is 23.3. The number of anilines is 3. The molecule has 1 aliphatic heterocycles. The molecule has 6 rings (SSSR count). The second-order valence-electron chi connectivity index (χ2n) is 12.7. The fraction of sp³-hybridized carbons (Fsp3) is 0.265. The van der Waals surface area contributed by atoms with E-state index in [1.807, 2.05) is 0 Å². The van der Waals surface area contributed by atoms with Gasteiger partial charge in [-0.05, 0) is 91.4 Å². The lowest BCUT2D eigenvalue weighted by molar-refractivity contribution is -0.149. The van der Waals surface area contributed by atoms with Crippen LogP contribution in [0, 0.1) is 0 Å². The normalized spacial score (nSPS) is 14.3. The number of nitrogens with two attached hydrogens (primary N) is 1. The number of ether oxygens (including phenoxy) is 1. The Morgan fingerprint density at radius 2 is 1.73 bits per heavy atom. The molecule has 1 fully saturated rings. The number of hydrogen-bond acceptors (Lipinski definition) is 9. The molecule has 1 aliphatic rings. The van der Waals surface area contributed by atoms with Gasteiger partial charge in [0.1, 0.15) is 23.7 Å². The van der Waals surface area contributed by atoms with Crippen LogP contribution >= 0.6 is 11.6 Å². The average Bonchev–Trinajstić information content (AvgIpc) is 3.70. The summed E-state index contributed by atoms with van der Waals surface area (Å²) in [6, 6.07) is 17.7. The van der Waals surface area contributed by atoms with Crippen molar-refractivity contribution in [1.29, 1.82) is 0 Å². The number of halogens is 1. The van der Waals surface area contributed by atoms with Gasteiger partial charge in [0.2, 0.25) is 5.91 Å². The molecule has 1 saturated heterocycles. The Morgan fingerprint density at radius 1 is 0.980 bits per heavy atom. The van der Waals surface area contributed by atoms with Crippen LogP contribution in [0.3, 0.4) is 0 Å². The molecule has 3 heterocycles. The standard InChI is InChI=1S/C34H34ClN9O5/c1-34(2,3)49-33(48)29-17-21-16-24(10-12-25(21)41(29)4)38-30(45)28(15-20-5-8-23(36)9-6-20)43-14-13-42(31(46)32(43)47)27-18-22(35)7-11-26(27)44-19-37-39-40-44/h5-12,16-19,28H,13-15,36H2,1-4H3,(H,38,45)/t28-/m0/s1. The van der Waals surface area contributed by atoms with E-state index >= 15 is 0 Å². The highest BCUT2D eigenvalue weighted by Gasteiger charge is 2.40. The zero-order valence-corrected chi connectivity index (χ0v) is 28.0. The van der Waals surface area contributed by atoms with Gasteiger partial charge in [0.15, 0.2) is 0 Å². The fourth-order valence-electron chi connectivity index (χ4n) is 5.75. The molecule has 15 heteroatoms. The molecule has 3 N–H and O–H groups in total. The number of benzene rings is 3. The number of nitrogens with one attached hydrogen (secondary N) is 1. The van der Waals surface area contributed by atoms with E-state index in [0.717, 1.165) is 11.1 Å². The van der Waals surface area contributed by atoms with Gasteiger partial charge in [-0.3, -0.25) is 14.4 Å². The summed E-state index contributed by atoms with van der Waals surface area (Å²) < 4.78 is 8.65. The molecule has 0 unspecified atom stereocenters. The van der Waals surface area contributed by atoms with Gasteiger partial charge in [-0.25, -0.2) is 4.79 Å². The SMILES string of the molecule is Cn1c(C(=O)OC(C)(C)C)cc2cc(NC(=O)[C@H](Cc3ccc(N)cc3)N3CCN(c4cc(Cl)ccc4-n4cnnn4)C(=O)C3=O)ccc21. The highest BCUT2D eigenvalue weighted by Crippen LogP contribution is 2.30. The molecule has 0 aliphatic carbocycles. The van der Waals surface area contributed by atoms with Gasteiger partial charge in [-0.1, -0.05) is 23.7 Å². The Bertz CT molecular complexity index is 2070. The van der Waals surface area contributed by atoms with Gasteiger partial charge in [0.05, 0.1) is 11.4 Å². The Balaban J connectivity index is 1.28. The van der Waals surface area contributed by atoms with E-state index in [-0.39, 0.29) is 19.5 Å². The van der Waals surface area contributed by atoms with E-state index < -0.39 is 35.3 Å². The highest BCUT2D eigenvalue weighted by molar-refractivity contribution is 6.41. The van der Waals surface area contributed by atoms with E-state index in [4.69, 9.17) is 22.1 Å². The van der Waals surface area contributed by atoms with E-state index in [0.29, 0.717) is 38.9 Å². The Hall–Kier alpha value is -5.76. The number of nitrogen functional groups attached to an aromatic ring is 1. The third-order valence-electron chi connectivity index (χ3n) is 8.08. The van der Waals surface area contributed by atoms with Crippen LogP contribution in [0.4, 0.5) is 17.1 Å². The minimum atomic E-state index is -1.05. The van der Waals surface area contributed by atoms with E-state index in [2.05, 4.69) is 20.8 Å². The van der Waals surface area contributed by atoms with Crippen molar-refractivity contribution in [1.82, 2.24) is 29.7 Å². The first kappa shape index (κ1) is 33.2. The van der Waals surface area contributed by atoms with Crippen molar-refractivity contribution >= 4 is 63.3 Å². The fourth-order valence-corrected chi connectivity index (χ4v) is 5.92. The maximum atomic E-state index is 14.0. The minimum absolute atomic E-state index is 0.0517. The number of aromatic nitrogens is 5. The number of fused-ring (bicyclic) bond motifs is 1. The molecular formula is C34H34ClN9O5. The predicted molar refractivity (Wildman–Crippen MR) is 183 cm³/mol. The molecular weight excluding hydrogens is 650 g/mol. The average molecular weight is 684 g/mol. The largest absolute Gasteiger partial charge is 0.455 e. The second kappa shape index (κ2) is 13.0. The van der Waals surface area contributed by atoms with Gasteiger partial charge in [-0.2, -0.15) is 4.68 Å². The summed E-state index contributed by atoms with van der Waals surface area (Å²) in [5, 5.41) is 15.2. The van der Waals surface area contributed by atoms with Crippen LogP contribution in [0.15, 0.2) is 73.1 Å². The van der Waals surface area contributed by atoms with E-state index in [1.165, 1.54) is 20.8 Å². The summed E-state index contributed by atoms with van der Waals surface area (Å²) in [6.07, 6.45) is 1.49. The van der Waals surface area contributed by atoms with Crippen LogP contribution in [0.5, 0.6) is 0 Å². The number of piperazine rings is 1. The van der Waals surface area contributed by atoms with Crippen molar-refractivity contribution in [3.05, 3.63) is 89.3 Å². The van der Waals surface area contributed by atoms with Crippen molar-refractivity contribution in [2.75, 3.05) is 29.0 Å². The first-order valence-electron chi connectivity index (χ1n) is 15.4. The molecule has 0 radical (unpaired) electrons. The number of aryl methyl sites for hydroxylation is 1. The lowest BCUT2D eigenvalue weighted by Crippen LogP contribution is -2.60. The molecule has 0 bridgehead atoms. The molecule has 3 amide bonds. The number of carbonyl (C=O) groups excluding carboxylic acids is 4. The monoisotopic (exact) mass is 683 g/mol. The number of tetrazole rings is 1. The van der Waals surface area contributed by atoms with Crippen LogP contribution in [0.1, 0.15) is 36.8 Å². The Morgan fingerprint density at radius 3 is 2.43 bits per heavy atom. The van der Waals surface area contributed by atoms with Crippen molar-refractivity contribution in [2.45, 2.75) is 38.8 Å². The van der Waals surface area contributed by atoms with Crippen LogP contribution < -0.4 is 16.0 Å². The van der Waals surface area contributed by atoms with Gasteiger partial charge in [-0.15, -0.1) is 5.10 Å². The number of esters is 1. The number of rotatable bonds is 8. The Labute approximate surface area is 286 Å². The maximum absolute atomic E-state index is 14.0. The van der Waals surface area contributed by atoms with Crippen LogP contribution in [-0.2, 0) is 32.6 Å². The smallest absolute Gasteiger partial charge is 0.355 e. The molecule has 1 atom stereocenters. The van der Waals surface area contributed by atoms with E-state index in [1.54, 1.807) is 99.1 Å². The van der Waals surface area contributed by atoms with Crippen molar-refractivity contribution in [3.63, 3.8) is 0 Å². The highest BCUT2D eigenvalue weighted by atomic mass is 35.5. The number of amides is 3. The predicted octanol–water partition coefficient (Wildman–Crippen LogP) is 3.77. The molecule has 2 aromatic heterocycles. The van der Waals surface area contributed by atoms with E-state index in [9.17, 15) is 19.2 Å². The zero-order chi connectivity index (χ0) is 35.0. The number of carbonyl (C=O) groups is 4. The first-order valence-corrected chi connectivity index (χ1v) is 15.8. The summed E-state index contributed by atoms with van der Waals surface area (Å²) in [6.45, 7) is 5.52. The third kappa shape index (κ3) is 6.94. The van der Waals surface area contributed by atoms with Gasteiger partial charge in [0, 0.05) is 53.9 Å². The van der Waals surface area contributed by atoms with Gasteiger partial charge in [0.25, 0.3) is 0 Å². The minimum Gasteiger partial charge on any atom is -0.455 e. The quantitative estimate of drug-likeness (QED) is 0.140. The summed E-state index contributed by atoms with van der Waals surface area (Å²) in [5.41, 5.74) is 8.88. The number of nitrogens with zero attached hydrogens (tertiary/aromatic N) is 7. The summed E-state index contributed by atoms with van der Waals surface area (Å²) >= 11 is 6.29. The molecule has 5 aromatic rings. The number of hydrogen-bond donors (Lipinski definition) is 2. The molecule has 14 nitrogen and oxygen atoms in total. The molecule has 252 valence electrons. The van der Waals surface area contributed by atoms with Crippen LogP contribution in [0.2, 0.25) is 5.02 Å². The molecule has 3 aromatic carbocycles. The summed E-state index contributed by atoms with van der Waals surface area (Å²) in [5.74, 6) is -2.65. The molecule has 0 saturated carbocycles. The molecule has 49 heavy (non-hydrogen) atoms. The topological polar surface area (TPSA) is 171 Å². The maximum Gasteiger partial charge on any atom is 0.355 e. The lowest BCUT2D eigenvalue weighted by atomic mass is 10.0. The van der Waals surface area contributed by atoms with Gasteiger partial charge >= 0.3 is 17.8 Å². The van der Waals surface area contributed by atoms with Gasteiger partial charge < -0.3 is 30.2 Å². The third-order valence-corrected chi connectivity index (χ3v) is 8.32. The molecule has 0 spiro atoms. The van der Waals surface area contributed by atoms with Crippen LogP contribution in [-0.4, -0.2) is 78.1 Å². The second-order valence-corrected chi connectivity index (χ2v) is 13.1. The van der Waals surface area contributed by atoms with Crippen molar-refractivity contribution in [2.24, 2.45) is 7.05 Å². The zero-order valence-electron chi connectivity index (χ0n) is 27.3. The summed E-state index contributed by atoms with van der Waals surface area (Å²) in [4.78, 5) is 57.0.